The third-order valence-corrected chi connectivity index (χ3v) is 7.16. The fourth-order valence-corrected chi connectivity index (χ4v) is 5.49. The molecular formula is C23H22F2N4O2S. The molecule has 32 heavy (non-hydrogen) atoms. The average Bonchev–Trinajstić information content (AvgIpc) is 3.28. The lowest BCUT2D eigenvalue weighted by atomic mass is 9.84. The summed E-state index contributed by atoms with van der Waals surface area (Å²) in [5.74, 6) is -1.07. The van der Waals surface area contributed by atoms with Gasteiger partial charge in [-0.15, -0.1) is 0 Å². The van der Waals surface area contributed by atoms with Crippen LogP contribution in [0.4, 0.5) is 14.5 Å². The predicted molar refractivity (Wildman–Crippen MR) is 121 cm³/mol. The van der Waals surface area contributed by atoms with Gasteiger partial charge in [0.25, 0.3) is 0 Å². The average molecular weight is 457 g/mol. The largest absolute Gasteiger partial charge is 0.372 e. The van der Waals surface area contributed by atoms with Gasteiger partial charge in [-0.25, -0.2) is 26.2 Å². The Hall–Kier alpha value is -3.20. The maximum absolute atomic E-state index is 15.5. The van der Waals surface area contributed by atoms with Crippen molar-refractivity contribution in [1.82, 2.24) is 13.5 Å². The summed E-state index contributed by atoms with van der Waals surface area (Å²) in [7, 11) is -1.78. The lowest BCUT2D eigenvalue weighted by molar-refractivity contribution is 0.566. The topological polar surface area (TPSA) is 68.9 Å². The highest BCUT2D eigenvalue weighted by molar-refractivity contribution is 7.89. The quantitative estimate of drug-likeness (QED) is 0.472. The van der Waals surface area contributed by atoms with Crippen molar-refractivity contribution >= 4 is 26.6 Å². The van der Waals surface area contributed by atoms with E-state index in [9.17, 15) is 12.8 Å². The summed E-state index contributed by atoms with van der Waals surface area (Å²) >= 11 is 0. The Morgan fingerprint density at radius 2 is 1.84 bits per heavy atom. The van der Waals surface area contributed by atoms with Crippen LogP contribution in [0.15, 0.2) is 36.8 Å². The van der Waals surface area contributed by atoms with Crippen LogP contribution in [0.2, 0.25) is 0 Å². The van der Waals surface area contributed by atoms with Gasteiger partial charge in [0.1, 0.15) is 11.6 Å². The van der Waals surface area contributed by atoms with Gasteiger partial charge in [0.15, 0.2) is 0 Å². The summed E-state index contributed by atoms with van der Waals surface area (Å²) in [6, 6.07) is 5.48. The summed E-state index contributed by atoms with van der Waals surface area (Å²) in [5, 5.41) is 3.78. The third-order valence-electron chi connectivity index (χ3n) is 6.13. The van der Waals surface area contributed by atoms with Crippen LogP contribution >= 0.6 is 0 Å². The van der Waals surface area contributed by atoms with E-state index in [1.54, 1.807) is 12.4 Å². The molecule has 5 rings (SSSR count). The number of benzene rings is 2. The third kappa shape index (κ3) is 2.80. The number of hydrogen-bond acceptors (Lipinski definition) is 4. The van der Waals surface area contributed by atoms with Gasteiger partial charge >= 0.3 is 0 Å². The van der Waals surface area contributed by atoms with E-state index < -0.39 is 27.2 Å². The smallest absolute Gasteiger partial charge is 0.236 e. The maximum atomic E-state index is 15.5. The number of fused-ring (bicyclic) bond motifs is 4. The van der Waals surface area contributed by atoms with Crippen LogP contribution in [-0.2, 0) is 22.6 Å². The van der Waals surface area contributed by atoms with Gasteiger partial charge in [0, 0.05) is 24.2 Å². The number of aromatic nitrogens is 3. The molecule has 0 radical (unpaired) electrons. The van der Waals surface area contributed by atoms with E-state index in [0.717, 1.165) is 27.2 Å². The number of hydrogen-bond donors (Lipinski definition) is 1. The SMILES string of the molecule is Cc1c(-c2cc(F)cc3c2ccn3S(C)(=O)=O)cc(F)c2c1-c1c(ncn1C)C(C)(C)N2. The van der Waals surface area contributed by atoms with Crippen LogP contribution in [0.5, 0.6) is 0 Å². The second-order valence-corrected chi connectivity index (χ2v) is 10.7. The minimum Gasteiger partial charge on any atom is -0.372 e. The Morgan fingerprint density at radius 3 is 2.53 bits per heavy atom. The van der Waals surface area contributed by atoms with E-state index in [1.807, 2.05) is 32.4 Å². The molecule has 3 heterocycles. The van der Waals surface area contributed by atoms with Crippen molar-refractivity contribution in [1.29, 1.82) is 0 Å². The normalized spacial score (nSPS) is 14.8. The number of rotatable bonds is 2. The highest BCUT2D eigenvalue weighted by Crippen LogP contribution is 2.48. The predicted octanol–water partition coefficient (Wildman–Crippen LogP) is 4.76. The molecule has 0 fully saturated rings. The molecule has 6 nitrogen and oxygen atoms in total. The minimum atomic E-state index is -3.63. The van der Waals surface area contributed by atoms with Crippen LogP contribution in [0.25, 0.3) is 33.3 Å². The fourth-order valence-electron chi connectivity index (χ4n) is 4.70. The first-order chi connectivity index (χ1) is 14.9. The van der Waals surface area contributed by atoms with Crippen molar-refractivity contribution in [2.24, 2.45) is 7.05 Å². The fraction of sp³-hybridized carbons (Fsp3) is 0.261. The van der Waals surface area contributed by atoms with E-state index in [2.05, 4.69) is 10.3 Å². The summed E-state index contributed by atoms with van der Waals surface area (Å²) in [5.41, 5.74) is 3.91. The Labute approximate surface area is 184 Å². The van der Waals surface area contributed by atoms with Crippen LogP contribution in [-0.4, -0.2) is 28.2 Å². The van der Waals surface area contributed by atoms with E-state index in [1.165, 1.54) is 24.4 Å². The molecule has 0 aliphatic carbocycles. The zero-order valence-electron chi connectivity index (χ0n) is 18.3. The van der Waals surface area contributed by atoms with Crippen molar-refractivity contribution in [3.8, 4) is 22.4 Å². The minimum absolute atomic E-state index is 0.209. The molecule has 0 spiro atoms. The first-order valence-electron chi connectivity index (χ1n) is 10.0. The molecule has 0 saturated heterocycles. The first kappa shape index (κ1) is 20.7. The zero-order chi connectivity index (χ0) is 23.2. The van der Waals surface area contributed by atoms with Crippen LogP contribution in [0.1, 0.15) is 25.1 Å². The molecular weight excluding hydrogens is 434 g/mol. The van der Waals surface area contributed by atoms with Gasteiger partial charge < -0.3 is 9.88 Å². The standard InChI is InChI=1S/C23H22F2N4O2S/c1-12-15(16-8-13(24)9-18-14(16)6-7-29(18)32(5,30)31)10-17(25)20-19(12)21-22(23(2,3)27-20)26-11-28(21)4/h6-11,27H,1-5H3. The Bertz CT molecular complexity index is 1550. The van der Waals surface area contributed by atoms with Crippen LogP contribution in [0.3, 0.4) is 0 Å². The number of nitrogens with one attached hydrogen (secondary N) is 1. The molecule has 0 unspecified atom stereocenters. The van der Waals surface area contributed by atoms with Crippen LogP contribution in [0, 0.1) is 18.6 Å². The highest BCUT2D eigenvalue weighted by atomic mass is 32.2. The number of nitrogens with zero attached hydrogens (tertiary/aromatic N) is 3. The summed E-state index contributed by atoms with van der Waals surface area (Å²) in [4.78, 5) is 4.52. The molecule has 2 aromatic carbocycles. The summed E-state index contributed by atoms with van der Waals surface area (Å²) in [6.45, 7) is 5.73. The monoisotopic (exact) mass is 456 g/mol. The highest BCUT2D eigenvalue weighted by Gasteiger charge is 2.37. The van der Waals surface area contributed by atoms with E-state index in [-0.39, 0.29) is 5.52 Å². The van der Waals surface area contributed by atoms with Crippen molar-refractivity contribution in [3.05, 3.63) is 59.7 Å². The number of anilines is 1. The molecule has 4 aromatic rings. The van der Waals surface area contributed by atoms with Gasteiger partial charge in [-0.05, 0) is 61.7 Å². The van der Waals surface area contributed by atoms with Gasteiger partial charge in [-0.2, -0.15) is 0 Å². The lowest BCUT2D eigenvalue weighted by Gasteiger charge is -2.35. The summed E-state index contributed by atoms with van der Waals surface area (Å²) < 4.78 is 57.3. The molecule has 1 aliphatic rings. The van der Waals surface area contributed by atoms with E-state index >= 15 is 4.39 Å². The Kier molecular flexibility index (Phi) is 4.15. The Morgan fingerprint density at radius 1 is 1.12 bits per heavy atom. The molecule has 1 aliphatic heterocycles. The second kappa shape index (κ2) is 6.41. The summed E-state index contributed by atoms with van der Waals surface area (Å²) in [6.07, 6.45) is 4.13. The van der Waals surface area contributed by atoms with Gasteiger partial charge in [0.05, 0.1) is 40.7 Å². The number of aryl methyl sites for hydroxylation is 1. The molecule has 2 aromatic heterocycles. The lowest BCUT2D eigenvalue weighted by Crippen LogP contribution is -2.33. The first-order valence-corrected chi connectivity index (χ1v) is 11.9. The molecule has 0 amide bonds. The van der Waals surface area contributed by atoms with Gasteiger partial charge in [-0.1, -0.05) is 0 Å². The van der Waals surface area contributed by atoms with Crippen molar-refractivity contribution in [2.75, 3.05) is 11.6 Å². The van der Waals surface area contributed by atoms with Crippen molar-refractivity contribution < 1.29 is 17.2 Å². The number of halogens is 2. The van der Waals surface area contributed by atoms with E-state index in [4.69, 9.17) is 0 Å². The number of imidazole rings is 1. The van der Waals surface area contributed by atoms with Crippen molar-refractivity contribution in [3.63, 3.8) is 0 Å². The van der Waals surface area contributed by atoms with Gasteiger partial charge in [0.2, 0.25) is 10.0 Å². The zero-order valence-corrected chi connectivity index (χ0v) is 19.1. The van der Waals surface area contributed by atoms with Crippen LogP contribution < -0.4 is 5.32 Å². The Balaban J connectivity index is 1.86. The second-order valence-electron chi connectivity index (χ2n) is 8.84. The molecule has 166 valence electrons. The molecule has 0 bridgehead atoms. The molecule has 0 saturated carbocycles. The van der Waals surface area contributed by atoms with Gasteiger partial charge in [-0.3, -0.25) is 0 Å². The van der Waals surface area contributed by atoms with E-state index in [0.29, 0.717) is 27.8 Å². The molecule has 9 heteroatoms. The van der Waals surface area contributed by atoms with Crippen molar-refractivity contribution in [2.45, 2.75) is 26.3 Å². The molecule has 0 atom stereocenters. The molecule has 1 N–H and O–H groups in total. The maximum Gasteiger partial charge on any atom is 0.236 e.